The number of rotatable bonds is 4. The van der Waals surface area contributed by atoms with Crippen molar-refractivity contribution in [1.82, 2.24) is 0 Å². The van der Waals surface area contributed by atoms with Crippen molar-refractivity contribution in [3.63, 3.8) is 0 Å². The SMILES string of the molecule is NC(c1ccccc1OC(F)F)C1CCCCCC1. The van der Waals surface area contributed by atoms with Gasteiger partial charge in [-0.05, 0) is 24.8 Å². The minimum atomic E-state index is -2.80. The zero-order valence-electron chi connectivity index (χ0n) is 11.0. The maximum absolute atomic E-state index is 12.4. The van der Waals surface area contributed by atoms with Crippen molar-refractivity contribution in [2.24, 2.45) is 11.7 Å². The standard InChI is InChI=1S/C15H21F2NO/c16-15(17)19-13-10-6-5-9-12(13)14(18)11-7-3-1-2-4-8-11/h5-6,9-11,14-15H,1-4,7-8,18H2. The highest BCUT2D eigenvalue weighted by Crippen LogP contribution is 2.36. The Balaban J connectivity index is 2.14. The van der Waals surface area contributed by atoms with Gasteiger partial charge in [0.1, 0.15) is 5.75 Å². The van der Waals surface area contributed by atoms with Crippen LogP contribution in [0.25, 0.3) is 0 Å². The van der Waals surface area contributed by atoms with Gasteiger partial charge in [-0.15, -0.1) is 0 Å². The molecule has 1 unspecified atom stereocenters. The van der Waals surface area contributed by atoms with E-state index in [0.29, 0.717) is 11.5 Å². The van der Waals surface area contributed by atoms with Crippen LogP contribution in [0.1, 0.15) is 50.1 Å². The molecule has 1 aliphatic carbocycles. The van der Waals surface area contributed by atoms with Gasteiger partial charge in [0.05, 0.1) is 0 Å². The third kappa shape index (κ3) is 3.90. The van der Waals surface area contributed by atoms with Gasteiger partial charge >= 0.3 is 6.61 Å². The van der Waals surface area contributed by atoms with Crippen LogP contribution < -0.4 is 10.5 Å². The van der Waals surface area contributed by atoms with Crippen molar-refractivity contribution in [2.45, 2.75) is 51.2 Å². The molecule has 19 heavy (non-hydrogen) atoms. The third-order valence-corrected chi connectivity index (χ3v) is 3.90. The van der Waals surface area contributed by atoms with Crippen molar-refractivity contribution >= 4 is 0 Å². The van der Waals surface area contributed by atoms with Crippen LogP contribution in [0.3, 0.4) is 0 Å². The summed E-state index contributed by atoms with van der Waals surface area (Å²) >= 11 is 0. The van der Waals surface area contributed by atoms with Crippen molar-refractivity contribution in [2.75, 3.05) is 0 Å². The molecular formula is C15H21F2NO. The molecule has 1 aromatic carbocycles. The van der Waals surface area contributed by atoms with Gasteiger partial charge in [0.25, 0.3) is 0 Å². The Kier molecular flexibility index (Phi) is 5.14. The van der Waals surface area contributed by atoms with Gasteiger partial charge < -0.3 is 10.5 Å². The molecule has 0 saturated heterocycles. The molecule has 2 nitrogen and oxygen atoms in total. The molecule has 0 aliphatic heterocycles. The largest absolute Gasteiger partial charge is 0.434 e. The summed E-state index contributed by atoms with van der Waals surface area (Å²) in [4.78, 5) is 0. The number of alkyl halides is 2. The fourth-order valence-electron chi connectivity index (χ4n) is 2.88. The molecule has 0 bridgehead atoms. The number of ether oxygens (including phenoxy) is 1. The van der Waals surface area contributed by atoms with E-state index in [1.165, 1.54) is 25.7 Å². The quantitative estimate of drug-likeness (QED) is 0.829. The molecule has 2 rings (SSSR count). The van der Waals surface area contributed by atoms with Gasteiger partial charge in [0.2, 0.25) is 0 Å². The van der Waals surface area contributed by atoms with E-state index in [0.717, 1.165) is 12.8 Å². The van der Waals surface area contributed by atoms with Crippen LogP contribution in [0.2, 0.25) is 0 Å². The van der Waals surface area contributed by atoms with Crippen molar-refractivity contribution in [3.05, 3.63) is 29.8 Å². The molecule has 0 amide bonds. The second-order valence-corrected chi connectivity index (χ2v) is 5.19. The Morgan fingerprint density at radius 2 is 1.68 bits per heavy atom. The number of nitrogens with two attached hydrogens (primary N) is 1. The van der Waals surface area contributed by atoms with Gasteiger partial charge in [-0.1, -0.05) is 43.9 Å². The van der Waals surface area contributed by atoms with Crippen LogP contribution in [-0.4, -0.2) is 6.61 Å². The van der Waals surface area contributed by atoms with Gasteiger partial charge in [-0.2, -0.15) is 8.78 Å². The summed E-state index contributed by atoms with van der Waals surface area (Å²) in [5, 5.41) is 0. The monoisotopic (exact) mass is 269 g/mol. The summed E-state index contributed by atoms with van der Waals surface area (Å²) in [6.07, 6.45) is 7.00. The maximum atomic E-state index is 12.4. The molecule has 0 heterocycles. The predicted molar refractivity (Wildman–Crippen MR) is 71.2 cm³/mol. The Hall–Kier alpha value is -1.16. The van der Waals surface area contributed by atoms with E-state index in [2.05, 4.69) is 4.74 Å². The highest BCUT2D eigenvalue weighted by molar-refractivity contribution is 5.36. The fraction of sp³-hybridized carbons (Fsp3) is 0.600. The van der Waals surface area contributed by atoms with Crippen molar-refractivity contribution < 1.29 is 13.5 Å². The lowest BCUT2D eigenvalue weighted by Crippen LogP contribution is -2.22. The lowest BCUT2D eigenvalue weighted by atomic mass is 9.87. The average Bonchev–Trinajstić information content (AvgIpc) is 2.67. The summed E-state index contributed by atoms with van der Waals surface area (Å²) in [5.41, 5.74) is 6.99. The summed E-state index contributed by atoms with van der Waals surface area (Å²) in [7, 11) is 0. The number of hydrogen-bond donors (Lipinski definition) is 1. The van der Waals surface area contributed by atoms with E-state index in [1.807, 2.05) is 6.07 Å². The summed E-state index contributed by atoms with van der Waals surface area (Å²) in [6, 6.07) is 6.67. The first kappa shape index (κ1) is 14.3. The molecule has 0 radical (unpaired) electrons. The molecule has 1 saturated carbocycles. The van der Waals surface area contributed by atoms with Crippen LogP contribution in [0.5, 0.6) is 5.75 Å². The van der Waals surface area contributed by atoms with E-state index in [1.54, 1.807) is 18.2 Å². The topological polar surface area (TPSA) is 35.2 Å². The van der Waals surface area contributed by atoms with E-state index in [9.17, 15) is 8.78 Å². The number of para-hydroxylation sites is 1. The lowest BCUT2D eigenvalue weighted by Gasteiger charge is -2.24. The number of hydrogen-bond acceptors (Lipinski definition) is 2. The summed E-state index contributed by atoms with van der Waals surface area (Å²) < 4.78 is 29.4. The molecule has 1 aliphatic rings. The van der Waals surface area contributed by atoms with Crippen LogP contribution in [0, 0.1) is 5.92 Å². The molecule has 2 N–H and O–H groups in total. The van der Waals surface area contributed by atoms with E-state index >= 15 is 0 Å². The number of halogens is 2. The van der Waals surface area contributed by atoms with Crippen LogP contribution in [0.4, 0.5) is 8.78 Å². The first-order valence-electron chi connectivity index (χ1n) is 6.98. The smallest absolute Gasteiger partial charge is 0.387 e. The van der Waals surface area contributed by atoms with Crippen molar-refractivity contribution in [1.29, 1.82) is 0 Å². The minimum Gasteiger partial charge on any atom is -0.434 e. The van der Waals surface area contributed by atoms with Crippen molar-refractivity contribution in [3.8, 4) is 5.75 Å². The molecule has 4 heteroatoms. The second kappa shape index (κ2) is 6.85. The van der Waals surface area contributed by atoms with Gasteiger partial charge in [0, 0.05) is 11.6 Å². The first-order valence-corrected chi connectivity index (χ1v) is 6.98. The van der Waals surface area contributed by atoms with Crippen LogP contribution in [0.15, 0.2) is 24.3 Å². The molecule has 1 fully saturated rings. The highest BCUT2D eigenvalue weighted by atomic mass is 19.3. The lowest BCUT2D eigenvalue weighted by molar-refractivity contribution is -0.0507. The van der Waals surface area contributed by atoms with E-state index in [-0.39, 0.29) is 11.8 Å². The highest BCUT2D eigenvalue weighted by Gasteiger charge is 2.24. The normalized spacial score (nSPS) is 19.2. The number of benzene rings is 1. The zero-order chi connectivity index (χ0) is 13.7. The average molecular weight is 269 g/mol. The Bertz CT molecular complexity index is 389. The fourth-order valence-corrected chi connectivity index (χ4v) is 2.88. The van der Waals surface area contributed by atoms with Gasteiger partial charge in [-0.3, -0.25) is 0 Å². The predicted octanol–water partition coefficient (Wildman–Crippen LogP) is 4.26. The van der Waals surface area contributed by atoms with Gasteiger partial charge in [0.15, 0.2) is 0 Å². The Morgan fingerprint density at radius 1 is 1.05 bits per heavy atom. The zero-order valence-corrected chi connectivity index (χ0v) is 11.0. The molecule has 1 atom stereocenters. The van der Waals surface area contributed by atoms with E-state index < -0.39 is 6.61 Å². The Morgan fingerprint density at radius 3 is 2.32 bits per heavy atom. The van der Waals surface area contributed by atoms with E-state index in [4.69, 9.17) is 5.73 Å². The first-order chi connectivity index (χ1) is 9.18. The molecular weight excluding hydrogens is 248 g/mol. The molecule has 1 aromatic rings. The van der Waals surface area contributed by atoms with Crippen LogP contribution in [-0.2, 0) is 0 Å². The maximum Gasteiger partial charge on any atom is 0.387 e. The molecule has 0 aromatic heterocycles. The summed E-state index contributed by atoms with van der Waals surface area (Å²) in [6.45, 7) is -2.80. The van der Waals surface area contributed by atoms with Crippen LogP contribution >= 0.6 is 0 Å². The van der Waals surface area contributed by atoms with Gasteiger partial charge in [-0.25, -0.2) is 0 Å². The summed E-state index contributed by atoms with van der Waals surface area (Å²) in [5.74, 6) is 0.583. The Labute approximate surface area is 112 Å². The molecule has 0 spiro atoms. The second-order valence-electron chi connectivity index (χ2n) is 5.19. The molecule has 106 valence electrons. The minimum absolute atomic E-state index is 0.215. The third-order valence-electron chi connectivity index (χ3n) is 3.90.